The summed E-state index contributed by atoms with van der Waals surface area (Å²) >= 11 is 8.64. The molecule has 2 aromatic rings. The largest absolute Gasteiger partial charge is 0.491 e. The number of amides is 1. The Bertz CT molecular complexity index is 830. The zero-order chi connectivity index (χ0) is 21.2. The second kappa shape index (κ2) is 11.7. The van der Waals surface area contributed by atoms with E-state index in [1.54, 1.807) is 25.3 Å². The average molecular weight is 481 g/mol. The third-order valence-electron chi connectivity index (χ3n) is 3.98. The van der Waals surface area contributed by atoms with Crippen LogP contribution in [0.15, 0.2) is 46.9 Å². The fourth-order valence-corrected chi connectivity index (χ4v) is 2.88. The number of thiocarbonyl (C=S) groups is 1. The monoisotopic (exact) mass is 480 g/mol. The molecule has 0 radical (unpaired) electrons. The van der Waals surface area contributed by atoms with Crippen LogP contribution in [0.25, 0.3) is 0 Å². The molecule has 0 heterocycles. The highest BCUT2D eigenvalue weighted by molar-refractivity contribution is 9.10. The molecule has 1 atom stereocenters. The molecular formula is C21H25BrN2O4S. The number of anilines is 1. The Morgan fingerprint density at radius 3 is 2.55 bits per heavy atom. The van der Waals surface area contributed by atoms with E-state index in [0.717, 1.165) is 22.3 Å². The van der Waals surface area contributed by atoms with Crippen molar-refractivity contribution in [3.63, 3.8) is 0 Å². The van der Waals surface area contributed by atoms with Crippen LogP contribution in [-0.4, -0.2) is 37.4 Å². The molecule has 1 amide bonds. The van der Waals surface area contributed by atoms with Gasteiger partial charge in [-0.1, -0.05) is 22.9 Å². The first-order chi connectivity index (χ1) is 13.9. The lowest BCUT2D eigenvalue weighted by Gasteiger charge is -2.15. The van der Waals surface area contributed by atoms with Crippen LogP contribution in [0.2, 0.25) is 0 Å². The lowest BCUT2D eigenvalue weighted by molar-refractivity contribution is 0.0969. The van der Waals surface area contributed by atoms with Crippen molar-refractivity contribution < 1.29 is 19.0 Å². The molecule has 1 unspecified atom stereocenters. The number of carbonyl (C=O) groups excluding carboxylic acids is 1. The zero-order valence-corrected chi connectivity index (χ0v) is 19.1. The van der Waals surface area contributed by atoms with Gasteiger partial charge in [-0.15, -0.1) is 0 Å². The van der Waals surface area contributed by atoms with Crippen molar-refractivity contribution in [3.05, 3.63) is 52.5 Å². The summed E-state index contributed by atoms with van der Waals surface area (Å²) in [5.41, 5.74) is 1.12. The predicted octanol–water partition coefficient (Wildman–Crippen LogP) is 4.78. The Morgan fingerprint density at radius 2 is 1.90 bits per heavy atom. The highest BCUT2D eigenvalue weighted by Gasteiger charge is 2.15. The van der Waals surface area contributed by atoms with Gasteiger partial charge < -0.3 is 19.5 Å². The number of benzene rings is 2. The van der Waals surface area contributed by atoms with Crippen LogP contribution in [0.3, 0.4) is 0 Å². The number of methoxy groups -OCH3 is 1. The Labute approximate surface area is 185 Å². The van der Waals surface area contributed by atoms with Gasteiger partial charge in [0.15, 0.2) is 5.11 Å². The third kappa shape index (κ3) is 7.64. The molecule has 0 aromatic heterocycles. The molecular weight excluding hydrogens is 456 g/mol. The molecule has 0 saturated heterocycles. The summed E-state index contributed by atoms with van der Waals surface area (Å²) in [6.07, 6.45) is 1.09. The van der Waals surface area contributed by atoms with E-state index in [4.69, 9.17) is 26.4 Å². The van der Waals surface area contributed by atoms with Crippen LogP contribution in [-0.2, 0) is 4.74 Å². The van der Waals surface area contributed by atoms with Crippen molar-refractivity contribution in [2.75, 3.05) is 25.6 Å². The summed E-state index contributed by atoms with van der Waals surface area (Å²) in [6, 6.07) is 12.6. The molecule has 2 N–H and O–H groups in total. The SMILES string of the molecule is CCC(C)Oc1ccc(NC(=S)NC(=O)c2cc(Br)ccc2OCCOC)cc1. The van der Waals surface area contributed by atoms with Crippen LogP contribution < -0.4 is 20.1 Å². The number of halogens is 1. The first kappa shape index (κ1) is 23.1. The predicted molar refractivity (Wildman–Crippen MR) is 122 cm³/mol. The second-order valence-corrected chi connectivity index (χ2v) is 7.58. The van der Waals surface area contributed by atoms with Crippen LogP contribution in [0, 0.1) is 0 Å². The fourth-order valence-electron chi connectivity index (χ4n) is 2.31. The summed E-state index contributed by atoms with van der Waals surface area (Å²) in [4.78, 5) is 12.7. The molecule has 0 fully saturated rings. The molecule has 2 aromatic carbocycles. The van der Waals surface area contributed by atoms with Gasteiger partial charge in [0.1, 0.15) is 18.1 Å². The van der Waals surface area contributed by atoms with Crippen molar-refractivity contribution in [2.45, 2.75) is 26.4 Å². The van der Waals surface area contributed by atoms with E-state index < -0.39 is 0 Å². The maximum Gasteiger partial charge on any atom is 0.261 e. The van der Waals surface area contributed by atoms with Gasteiger partial charge in [-0.3, -0.25) is 10.1 Å². The molecule has 0 aliphatic heterocycles. The van der Waals surface area contributed by atoms with E-state index in [1.165, 1.54) is 0 Å². The summed E-state index contributed by atoms with van der Waals surface area (Å²) in [5.74, 6) is 0.872. The van der Waals surface area contributed by atoms with Crippen molar-refractivity contribution >= 4 is 44.9 Å². The van der Waals surface area contributed by atoms with Crippen molar-refractivity contribution in [3.8, 4) is 11.5 Å². The van der Waals surface area contributed by atoms with Crippen LogP contribution in [0.5, 0.6) is 11.5 Å². The van der Waals surface area contributed by atoms with Crippen molar-refractivity contribution in [2.24, 2.45) is 0 Å². The molecule has 8 heteroatoms. The minimum atomic E-state index is -0.368. The van der Waals surface area contributed by atoms with Crippen molar-refractivity contribution in [1.82, 2.24) is 5.32 Å². The summed E-state index contributed by atoms with van der Waals surface area (Å²) in [6.45, 7) is 4.85. The number of nitrogens with one attached hydrogen (secondary N) is 2. The standard InChI is InChI=1S/C21H25BrN2O4S/c1-4-14(2)28-17-8-6-16(7-9-17)23-21(29)24-20(25)18-13-15(22)5-10-19(18)27-12-11-26-3/h5-10,13-14H,4,11-12H2,1-3H3,(H2,23,24,25,29). The van der Waals surface area contributed by atoms with Gasteiger partial charge in [0.05, 0.1) is 18.3 Å². The molecule has 2 rings (SSSR count). The Hall–Kier alpha value is -2.16. The minimum absolute atomic E-state index is 0.152. The van der Waals surface area contributed by atoms with Gasteiger partial charge in [0.25, 0.3) is 5.91 Å². The Balaban J connectivity index is 1.98. The molecule has 0 aliphatic carbocycles. The Morgan fingerprint density at radius 1 is 1.17 bits per heavy atom. The lowest BCUT2D eigenvalue weighted by atomic mass is 10.2. The maximum absolute atomic E-state index is 12.7. The Kier molecular flexibility index (Phi) is 9.37. The van der Waals surface area contributed by atoms with E-state index in [-0.39, 0.29) is 17.1 Å². The number of carbonyl (C=O) groups is 1. The molecule has 156 valence electrons. The number of ether oxygens (including phenoxy) is 3. The third-order valence-corrected chi connectivity index (χ3v) is 4.68. The van der Waals surface area contributed by atoms with E-state index in [0.29, 0.717) is 24.5 Å². The van der Waals surface area contributed by atoms with E-state index in [2.05, 4.69) is 33.5 Å². The van der Waals surface area contributed by atoms with Gasteiger partial charge in [-0.25, -0.2) is 0 Å². The number of hydrogen-bond donors (Lipinski definition) is 2. The van der Waals surface area contributed by atoms with Crippen LogP contribution >= 0.6 is 28.1 Å². The molecule has 0 bridgehead atoms. The van der Waals surface area contributed by atoms with Gasteiger partial charge in [-0.2, -0.15) is 0 Å². The fraction of sp³-hybridized carbons (Fsp3) is 0.333. The van der Waals surface area contributed by atoms with Gasteiger partial charge >= 0.3 is 0 Å². The number of rotatable bonds is 9. The smallest absolute Gasteiger partial charge is 0.261 e. The lowest BCUT2D eigenvalue weighted by Crippen LogP contribution is -2.34. The summed E-state index contributed by atoms with van der Waals surface area (Å²) in [5, 5.41) is 5.86. The van der Waals surface area contributed by atoms with Crippen LogP contribution in [0.1, 0.15) is 30.6 Å². The first-order valence-electron chi connectivity index (χ1n) is 9.23. The van der Waals surface area contributed by atoms with E-state index in [9.17, 15) is 4.79 Å². The zero-order valence-electron chi connectivity index (χ0n) is 16.7. The topological polar surface area (TPSA) is 68.8 Å². The minimum Gasteiger partial charge on any atom is -0.491 e. The molecule has 0 saturated carbocycles. The van der Waals surface area contributed by atoms with Gasteiger partial charge in [-0.05, 0) is 68.0 Å². The van der Waals surface area contributed by atoms with Gasteiger partial charge in [0.2, 0.25) is 0 Å². The highest BCUT2D eigenvalue weighted by Crippen LogP contribution is 2.23. The first-order valence-corrected chi connectivity index (χ1v) is 10.4. The maximum atomic E-state index is 12.7. The average Bonchev–Trinajstić information content (AvgIpc) is 2.70. The second-order valence-electron chi connectivity index (χ2n) is 6.25. The normalized spacial score (nSPS) is 11.4. The molecule has 29 heavy (non-hydrogen) atoms. The summed E-state index contributed by atoms with van der Waals surface area (Å²) in [7, 11) is 1.59. The molecule has 0 spiro atoms. The summed E-state index contributed by atoms with van der Waals surface area (Å²) < 4.78 is 17.1. The van der Waals surface area contributed by atoms with E-state index in [1.807, 2.05) is 31.2 Å². The quantitative estimate of drug-likeness (QED) is 0.397. The van der Waals surface area contributed by atoms with Gasteiger partial charge in [0, 0.05) is 17.3 Å². The number of hydrogen-bond acceptors (Lipinski definition) is 5. The van der Waals surface area contributed by atoms with E-state index >= 15 is 0 Å². The molecule has 0 aliphatic rings. The highest BCUT2D eigenvalue weighted by atomic mass is 79.9. The van der Waals surface area contributed by atoms with Crippen LogP contribution in [0.4, 0.5) is 5.69 Å². The van der Waals surface area contributed by atoms with Crippen molar-refractivity contribution in [1.29, 1.82) is 0 Å². The molecule has 6 nitrogen and oxygen atoms in total.